The molecule has 0 spiro atoms. The Balaban J connectivity index is 1.65. The molecule has 6 nitrogen and oxygen atoms in total. The molecule has 0 radical (unpaired) electrons. The van der Waals surface area contributed by atoms with E-state index in [1.54, 1.807) is 0 Å². The Morgan fingerprint density at radius 2 is 1.69 bits per heavy atom. The maximum atomic E-state index is 13.2. The van der Waals surface area contributed by atoms with Crippen molar-refractivity contribution >= 4 is 11.9 Å². The van der Waals surface area contributed by atoms with Crippen LogP contribution in [-0.2, 0) is 4.79 Å². The molecule has 2 N–H and O–H groups in total. The van der Waals surface area contributed by atoms with Crippen molar-refractivity contribution in [3.05, 3.63) is 77.5 Å². The van der Waals surface area contributed by atoms with Crippen LogP contribution < -0.4 is 0 Å². The SMILES string of the molecule is O=C(O)CCCCCN1C(=O)c2[nH]nc(-c3ccccc3)c2C1c1ccccc1. The fraction of sp³-hybridized carbons (Fsp3) is 0.261. The van der Waals surface area contributed by atoms with Crippen LogP contribution in [0.1, 0.15) is 53.3 Å². The molecular formula is C23H23N3O3. The zero-order valence-corrected chi connectivity index (χ0v) is 16.0. The summed E-state index contributed by atoms with van der Waals surface area (Å²) in [5.41, 5.74) is 4.28. The summed E-state index contributed by atoms with van der Waals surface area (Å²) in [7, 11) is 0. The average molecular weight is 389 g/mol. The number of fused-ring (bicyclic) bond motifs is 1. The van der Waals surface area contributed by atoms with Crippen LogP contribution in [0.4, 0.5) is 0 Å². The van der Waals surface area contributed by atoms with Crippen LogP contribution in [0.25, 0.3) is 11.3 Å². The first-order valence-corrected chi connectivity index (χ1v) is 9.88. The molecule has 1 aromatic heterocycles. The molecule has 0 saturated carbocycles. The van der Waals surface area contributed by atoms with Gasteiger partial charge in [-0.1, -0.05) is 67.1 Å². The van der Waals surface area contributed by atoms with Crippen LogP contribution in [0.5, 0.6) is 0 Å². The highest BCUT2D eigenvalue weighted by Crippen LogP contribution is 2.42. The fourth-order valence-corrected chi connectivity index (χ4v) is 3.96. The molecule has 1 unspecified atom stereocenters. The smallest absolute Gasteiger partial charge is 0.303 e. The number of rotatable bonds is 8. The third kappa shape index (κ3) is 3.78. The van der Waals surface area contributed by atoms with E-state index in [0.29, 0.717) is 18.7 Å². The molecule has 6 heteroatoms. The molecule has 148 valence electrons. The van der Waals surface area contributed by atoms with Gasteiger partial charge in [-0.2, -0.15) is 5.10 Å². The van der Waals surface area contributed by atoms with Gasteiger partial charge in [0.2, 0.25) is 0 Å². The number of hydrogen-bond acceptors (Lipinski definition) is 3. The van der Waals surface area contributed by atoms with Crippen molar-refractivity contribution in [1.29, 1.82) is 0 Å². The summed E-state index contributed by atoms with van der Waals surface area (Å²) in [4.78, 5) is 25.8. The predicted molar refractivity (Wildman–Crippen MR) is 109 cm³/mol. The number of carboxylic acids is 1. The summed E-state index contributed by atoms with van der Waals surface area (Å²) in [6.07, 6.45) is 2.32. The molecule has 1 aliphatic heterocycles. The van der Waals surface area contributed by atoms with E-state index in [2.05, 4.69) is 10.2 Å². The van der Waals surface area contributed by atoms with Crippen LogP contribution in [0, 0.1) is 0 Å². The maximum Gasteiger partial charge on any atom is 0.303 e. The van der Waals surface area contributed by atoms with Crippen LogP contribution in [0.2, 0.25) is 0 Å². The van der Waals surface area contributed by atoms with E-state index in [4.69, 9.17) is 5.11 Å². The first kappa shape index (κ1) is 18.9. The summed E-state index contributed by atoms with van der Waals surface area (Å²) >= 11 is 0. The normalized spacial score (nSPS) is 15.5. The Morgan fingerprint density at radius 1 is 1.00 bits per heavy atom. The topological polar surface area (TPSA) is 86.3 Å². The minimum Gasteiger partial charge on any atom is -0.481 e. The van der Waals surface area contributed by atoms with Crippen molar-refractivity contribution in [3.63, 3.8) is 0 Å². The van der Waals surface area contributed by atoms with E-state index in [1.165, 1.54) is 0 Å². The lowest BCUT2D eigenvalue weighted by atomic mass is 9.96. The number of benzene rings is 2. The van der Waals surface area contributed by atoms with Gasteiger partial charge >= 0.3 is 5.97 Å². The summed E-state index contributed by atoms with van der Waals surface area (Å²) in [6.45, 7) is 0.578. The molecule has 3 aromatic rings. The second kappa shape index (κ2) is 8.31. The molecule has 29 heavy (non-hydrogen) atoms. The second-order valence-corrected chi connectivity index (χ2v) is 7.24. The molecule has 2 aromatic carbocycles. The Kier molecular flexibility index (Phi) is 5.42. The van der Waals surface area contributed by atoms with Gasteiger partial charge in [0.05, 0.1) is 11.7 Å². The van der Waals surface area contributed by atoms with Gasteiger partial charge in [-0.25, -0.2) is 0 Å². The quantitative estimate of drug-likeness (QED) is 0.564. The van der Waals surface area contributed by atoms with Gasteiger partial charge in [0.1, 0.15) is 5.69 Å². The number of amides is 1. The number of aliphatic carboxylic acids is 1. The lowest BCUT2D eigenvalue weighted by Crippen LogP contribution is -2.30. The molecule has 1 atom stereocenters. The molecule has 0 bridgehead atoms. The van der Waals surface area contributed by atoms with Crippen LogP contribution >= 0.6 is 0 Å². The highest BCUT2D eigenvalue weighted by Gasteiger charge is 2.41. The number of carbonyl (C=O) groups excluding carboxylic acids is 1. The van der Waals surface area contributed by atoms with E-state index >= 15 is 0 Å². The molecule has 4 rings (SSSR count). The maximum absolute atomic E-state index is 13.2. The highest BCUT2D eigenvalue weighted by atomic mass is 16.4. The molecule has 1 aliphatic rings. The molecule has 0 aliphatic carbocycles. The van der Waals surface area contributed by atoms with E-state index in [9.17, 15) is 9.59 Å². The highest BCUT2D eigenvalue weighted by molar-refractivity contribution is 6.00. The zero-order chi connectivity index (χ0) is 20.2. The summed E-state index contributed by atoms with van der Waals surface area (Å²) in [5.74, 6) is -0.834. The van der Waals surface area contributed by atoms with Crippen LogP contribution in [0.3, 0.4) is 0 Å². The Bertz CT molecular complexity index is 999. The number of nitrogens with zero attached hydrogens (tertiary/aromatic N) is 2. The van der Waals surface area contributed by atoms with Gasteiger partial charge < -0.3 is 10.0 Å². The minimum absolute atomic E-state index is 0.0539. The van der Waals surface area contributed by atoms with Crippen molar-refractivity contribution in [1.82, 2.24) is 15.1 Å². The molecule has 1 amide bonds. The number of H-pyrrole nitrogens is 1. The van der Waals surface area contributed by atoms with Crippen molar-refractivity contribution < 1.29 is 14.7 Å². The lowest BCUT2D eigenvalue weighted by molar-refractivity contribution is -0.137. The first-order valence-electron chi connectivity index (χ1n) is 9.88. The Hall–Kier alpha value is -3.41. The van der Waals surface area contributed by atoms with Gasteiger partial charge in [0.15, 0.2) is 0 Å². The van der Waals surface area contributed by atoms with E-state index in [-0.39, 0.29) is 18.4 Å². The third-order valence-electron chi connectivity index (χ3n) is 5.32. The molecule has 2 heterocycles. The van der Waals surface area contributed by atoms with E-state index in [1.807, 2.05) is 65.6 Å². The van der Waals surface area contributed by atoms with Crippen molar-refractivity contribution in [2.24, 2.45) is 0 Å². The Morgan fingerprint density at radius 3 is 2.38 bits per heavy atom. The third-order valence-corrected chi connectivity index (χ3v) is 5.32. The number of aromatic nitrogens is 2. The number of hydrogen-bond donors (Lipinski definition) is 2. The fourth-order valence-electron chi connectivity index (χ4n) is 3.96. The summed E-state index contributed by atoms with van der Waals surface area (Å²) in [6, 6.07) is 19.7. The predicted octanol–water partition coefficient (Wildman–Crippen LogP) is 4.27. The number of aromatic amines is 1. The second-order valence-electron chi connectivity index (χ2n) is 7.24. The van der Waals surface area contributed by atoms with Crippen LogP contribution in [-0.4, -0.2) is 38.6 Å². The van der Waals surface area contributed by atoms with Gasteiger partial charge in [-0.15, -0.1) is 0 Å². The molecule has 0 fully saturated rings. The first-order chi connectivity index (χ1) is 14.2. The zero-order valence-electron chi connectivity index (χ0n) is 16.0. The summed E-state index contributed by atoms with van der Waals surface area (Å²) < 4.78 is 0. The Labute approximate surface area is 169 Å². The van der Waals surface area contributed by atoms with Crippen molar-refractivity contribution in [3.8, 4) is 11.3 Å². The van der Waals surface area contributed by atoms with Gasteiger partial charge in [-0.3, -0.25) is 14.7 Å². The van der Waals surface area contributed by atoms with Gasteiger partial charge in [-0.05, 0) is 18.4 Å². The summed E-state index contributed by atoms with van der Waals surface area (Å²) in [5, 5.41) is 16.2. The largest absolute Gasteiger partial charge is 0.481 e. The standard InChI is InChI=1S/C23H23N3O3/c27-18(28)14-8-3-9-15-26-22(17-12-6-2-7-13-17)19-20(16-10-4-1-5-11-16)24-25-21(19)23(26)29/h1-2,4-7,10-13,22H,3,8-9,14-15H2,(H,24,25)(H,27,28). The molecular weight excluding hydrogens is 366 g/mol. The van der Waals surface area contributed by atoms with Gasteiger partial charge in [0.25, 0.3) is 5.91 Å². The van der Waals surface area contributed by atoms with Gasteiger partial charge in [0, 0.05) is 24.1 Å². The number of unbranched alkanes of at least 4 members (excludes halogenated alkanes) is 2. The van der Waals surface area contributed by atoms with E-state index in [0.717, 1.165) is 35.2 Å². The number of nitrogens with one attached hydrogen (secondary N) is 1. The van der Waals surface area contributed by atoms with Crippen molar-refractivity contribution in [2.45, 2.75) is 31.7 Å². The van der Waals surface area contributed by atoms with Crippen molar-refractivity contribution in [2.75, 3.05) is 6.54 Å². The number of carbonyl (C=O) groups is 2. The average Bonchev–Trinajstić information content (AvgIpc) is 3.28. The van der Waals surface area contributed by atoms with Crippen LogP contribution in [0.15, 0.2) is 60.7 Å². The minimum atomic E-state index is -0.780. The number of carboxylic acid groups (broad SMARTS) is 1. The van der Waals surface area contributed by atoms with E-state index < -0.39 is 5.97 Å². The monoisotopic (exact) mass is 389 g/mol. The molecule has 0 saturated heterocycles. The lowest BCUT2D eigenvalue weighted by Gasteiger charge is -2.26.